The Labute approximate surface area is 126 Å². The van der Waals surface area contributed by atoms with Crippen molar-refractivity contribution in [2.45, 2.75) is 0 Å². The predicted molar refractivity (Wildman–Crippen MR) is 76.7 cm³/mol. The number of hydrogen-bond acceptors (Lipinski definition) is 4. The molecule has 112 valence electrons. The van der Waals surface area contributed by atoms with Crippen molar-refractivity contribution in [1.29, 1.82) is 0 Å². The largest absolute Gasteiger partial charge is 0.327 e. The van der Waals surface area contributed by atoms with Crippen molar-refractivity contribution in [3.05, 3.63) is 54.4 Å². The van der Waals surface area contributed by atoms with Crippen LogP contribution in [0, 0.1) is 5.82 Å². The summed E-state index contributed by atoms with van der Waals surface area (Å²) in [5.41, 5.74) is 0.618. The second-order valence-electron chi connectivity index (χ2n) is 4.84. The lowest BCUT2D eigenvalue weighted by molar-refractivity contribution is -0.120. The van der Waals surface area contributed by atoms with Gasteiger partial charge in [-0.15, -0.1) is 0 Å². The van der Waals surface area contributed by atoms with Gasteiger partial charge in [-0.2, -0.15) is 0 Å². The van der Waals surface area contributed by atoms with Crippen LogP contribution in [0.15, 0.2) is 43.0 Å². The zero-order valence-corrected chi connectivity index (χ0v) is 11.6. The van der Waals surface area contributed by atoms with Gasteiger partial charge in [0.05, 0.1) is 23.6 Å². The monoisotopic (exact) mass is 300 g/mol. The SMILES string of the molecule is O=C(c1ccncc1F)N1CCN(c2cccnc2)C(=O)C1. The Kier molecular flexibility index (Phi) is 3.78. The molecule has 6 nitrogen and oxygen atoms in total. The molecule has 0 atom stereocenters. The van der Waals surface area contributed by atoms with E-state index >= 15 is 0 Å². The van der Waals surface area contributed by atoms with Gasteiger partial charge in [-0.05, 0) is 18.2 Å². The van der Waals surface area contributed by atoms with E-state index < -0.39 is 11.7 Å². The molecule has 7 heteroatoms. The van der Waals surface area contributed by atoms with Gasteiger partial charge in [0.25, 0.3) is 5.91 Å². The Bertz CT molecular complexity index is 708. The van der Waals surface area contributed by atoms with Crippen LogP contribution >= 0.6 is 0 Å². The first kappa shape index (κ1) is 14.1. The van der Waals surface area contributed by atoms with Crippen LogP contribution < -0.4 is 4.90 Å². The second kappa shape index (κ2) is 5.88. The summed E-state index contributed by atoms with van der Waals surface area (Å²) in [4.78, 5) is 35.0. The highest BCUT2D eigenvalue weighted by molar-refractivity contribution is 6.01. The summed E-state index contributed by atoms with van der Waals surface area (Å²) < 4.78 is 13.6. The molecule has 0 bridgehead atoms. The van der Waals surface area contributed by atoms with Gasteiger partial charge in [0.15, 0.2) is 5.82 Å². The molecule has 2 aromatic rings. The smallest absolute Gasteiger partial charge is 0.257 e. The highest BCUT2D eigenvalue weighted by Crippen LogP contribution is 2.17. The topological polar surface area (TPSA) is 66.4 Å². The highest BCUT2D eigenvalue weighted by atomic mass is 19.1. The highest BCUT2D eigenvalue weighted by Gasteiger charge is 2.29. The van der Waals surface area contributed by atoms with E-state index in [-0.39, 0.29) is 18.0 Å². The van der Waals surface area contributed by atoms with E-state index in [4.69, 9.17) is 0 Å². The quantitative estimate of drug-likeness (QED) is 0.833. The zero-order valence-electron chi connectivity index (χ0n) is 11.6. The van der Waals surface area contributed by atoms with E-state index in [1.165, 1.54) is 17.2 Å². The lowest BCUT2D eigenvalue weighted by Gasteiger charge is -2.34. The summed E-state index contributed by atoms with van der Waals surface area (Å²) in [7, 11) is 0. The van der Waals surface area contributed by atoms with Crippen molar-refractivity contribution < 1.29 is 14.0 Å². The number of rotatable bonds is 2. The minimum Gasteiger partial charge on any atom is -0.327 e. The van der Waals surface area contributed by atoms with Crippen LogP contribution in [-0.2, 0) is 4.79 Å². The van der Waals surface area contributed by atoms with Gasteiger partial charge in [-0.25, -0.2) is 4.39 Å². The molecule has 1 aliphatic rings. The van der Waals surface area contributed by atoms with E-state index in [1.54, 1.807) is 29.4 Å². The lowest BCUT2D eigenvalue weighted by atomic mass is 10.2. The molecule has 0 spiro atoms. The number of pyridine rings is 2. The number of halogens is 1. The zero-order chi connectivity index (χ0) is 15.5. The van der Waals surface area contributed by atoms with E-state index in [1.807, 2.05) is 0 Å². The average Bonchev–Trinajstić information content (AvgIpc) is 2.55. The van der Waals surface area contributed by atoms with Gasteiger partial charge in [-0.1, -0.05) is 0 Å². The van der Waals surface area contributed by atoms with Crippen LogP contribution in [0.2, 0.25) is 0 Å². The van der Waals surface area contributed by atoms with Gasteiger partial charge >= 0.3 is 0 Å². The Balaban J connectivity index is 1.74. The molecular formula is C15H13FN4O2. The van der Waals surface area contributed by atoms with Gasteiger partial charge in [0, 0.05) is 25.5 Å². The molecule has 3 rings (SSSR count). The van der Waals surface area contributed by atoms with E-state index in [9.17, 15) is 14.0 Å². The van der Waals surface area contributed by atoms with Crippen molar-refractivity contribution >= 4 is 17.5 Å². The summed E-state index contributed by atoms with van der Waals surface area (Å²) in [6, 6.07) is 4.84. The summed E-state index contributed by atoms with van der Waals surface area (Å²) in [5, 5.41) is 0. The molecule has 0 saturated carbocycles. The number of hydrogen-bond donors (Lipinski definition) is 0. The number of carbonyl (C=O) groups excluding carboxylic acids is 2. The van der Waals surface area contributed by atoms with Crippen molar-refractivity contribution in [3.63, 3.8) is 0 Å². The molecule has 0 aliphatic carbocycles. The molecule has 0 N–H and O–H groups in total. The van der Waals surface area contributed by atoms with Gasteiger partial charge in [0.2, 0.25) is 5.91 Å². The van der Waals surface area contributed by atoms with Gasteiger partial charge < -0.3 is 9.80 Å². The standard InChI is InChI=1S/C15H13FN4O2/c16-13-9-18-5-3-12(13)15(22)19-6-7-20(14(21)10-19)11-2-1-4-17-8-11/h1-5,8-9H,6-7,10H2. The summed E-state index contributed by atoms with van der Waals surface area (Å²) in [6.45, 7) is 0.597. The third kappa shape index (κ3) is 2.65. The van der Waals surface area contributed by atoms with Crippen molar-refractivity contribution in [2.75, 3.05) is 24.5 Å². The maximum absolute atomic E-state index is 13.6. The minimum atomic E-state index is -0.686. The van der Waals surface area contributed by atoms with Crippen molar-refractivity contribution in [1.82, 2.24) is 14.9 Å². The fraction of sp³-hybridized carbons (Fsp3) is 0.200. The number of piperazine rings is 1. The average molecular weight is 300 g/mol. The molecule has 22 heavy (non-hydrogen) atoms. The summed E-state index contributed by atoms with van der Waals surface area (Å²) >= 11 is 0. The Morgan fingerprint density at radius 2 is 1.95 bits per heavy atom. The van der Waals surface area contributed by atoms with Gasteiger partial charge in [0.1, 0.15) is 6.54 Å². The second-order valence-corrected chi connectivity index (χ2v) is 4.84. The Morgan fingerprint density at radius 1 is 1.14 bits per heavy atom. The van der Waals surface area contributed by atoms with Crippen molar-refractivity contribution in [3.8, 4) is 0 Å². The first-order valence-corrected chi connectivity index (χ1v) is 6.76. The Hall–Kier alpha value is -2.83. The third-order valence-corrected chi connectivity index (χ3v) is 3.47. The maximum Gasteiger partial charge on any atom is 0.257 e. The molecule has 0 radical (unpaired) electrons. The van der Waals surface area contributed by atoms with Crippen LogP contribution in [0.1, 0.15) is 10.4 Å². The van der Waals surface area contributed by atoms with E-state index in [0.29, 0.717) is 18.8 Å². The van der Waals surface area contributed by atoms with E-state index in [0.717, 1.165) is 6.20 Å². The fourth-order valence-electron chi connectivity index (χ4n) is 2.35. The number of carbonyl (C=O) groups is 2. The van der Waals surface area contributed by atoms with Gasteiger partial charge in [-0.3, -0.25) is 19.6 Å². The first-order chi connectivity index (χ1) is 10.7. The fourth-order valence-corrected chi connectivity index (χ4v) is 2.35. The summed E-state index contributed by atoms with van der Waals surface area (Å²) in [5.74, 6) is -1.41. The molecule has 1 fully saturated rings. The number of aromatic nitrogens is 2. The number of anilines is 1. The molecule has 2 aromatic heterocycles. The lowest BCUT2D eigenvalue weighted by Crippen LogP contribution is -2.52. The molecular weight excluding hydrogens is 287 g/mol. The predicted octanol–water partition coefficient (Wildman–Crippen LogP) is 1.10. The first-order valence-electron chi connectivity index (χ1n) is 6.76. The van der Waals surface area contributed by atoms with E-state index in [2.05, 4.69) is 9.97 Å². The molecule has 3 heterocycles. The minimum absolute atomic E-state index is 0.0716. The van der Waals surface area contributed by atoms with Crippen LogP contribution in [0.4, 0.5) is 10.1 Å². The van der Waals surface area contributed by atoms with Crippen molar-refractivity contribution in [2.24, 2.45) is 0 Å². The van der Waals surface area contributed by atoms with Crippen LogP contribution in [0.5, 0.6) is 0 Å². The Morgan fingerprint density at radius 3 is 2.64 bits per heavy atom. The van der Waals surface area contributed by atoms with Crippen LogP contribution in [0.25, 0.3) is 0 Å². The summed E-state index contributed by atoms with van der Waals surface area (Å²) in [6.07, 6.45) is 5.56. The molecule has 0 aromatic carbocycles. The maximum atomic E-state index is 13.6. The molecule has 2 amide bonds. The number of amides is 2. The third-order valence-electron chi connectivity index (χ3n) is 3.47. The molecule has 1 aliphatic heterocycles. The molecule has 1 saturated heterocycles. The van der Waals surface area contributed by atoms with Crippen LogP contribution in [0.3, 0.4) is 0 Å². The van der Waals surface area contributed by atoms with Crippen LogP contribution in [-0.4, -0.2) is 46.3 Å². The normalized spacial score (nSPS) is 15.0. The molecule has 0 unspecified atom stereocenters. The number of nitrogens with zero attached hydrogens (tertiary/aromatic N) is 4.